The molecule has 0 radical (unpaired) electrons. The summed E-state index contributed by atoms with van der Waals surface area (Å²) in [5, 5.41) is 3.51. The van der Waals surface area contributed by atoms with E-state index in [0.29, 0.717) is 0 Å². The van der Waals surface area contributed by atoms with Crippen LogP contribution in [0.2, 0.25) is 0 Å². The number of benzene rings is 7. The molecule has 9 rings (SSSR count). The normalized spacial score (nSPS) is 11.3. The Morgan fingerprint density at radius 2 is 0.979 bits per heavy atom. The van der Waals surface area contributed by atoms with Gasteiger partial charge in [0, 0.05) is 27.5 Å². The number of hydrogen-bond acceptors (Lipinski definition) is 2. The molecule has 48 heavy (non-hydrogen) atoms. The molecule has 0 amide bonds. The zero-order valence-corrected chi connectivity index (χ0v) is 26.2. The van der Waals surface area contributed by atoms with E-state index in [1.165, 1.54) is 33.0 Å². The highest BCUT2D eigenvalue weighted by molar-refractivity contribution is 6.16. The van der Waals surface area contributed by atoms with Crippen molar-refractivity contribution in [2.24, 2.45) is 0 Å². The van der Waals surface area contributed by atoms with E-state index in [1.807, 2.05) is 12.3 Å². The van der Waals surface area contributed by atoms with Crippen LogP contribution < -0.4 is 4.90 Å². The minimum absolute atomic E-state index is 0.992. The highest BCUT2D eigenvalue weighted by Crippen LogP contribution is 2.44. The lowest BCUT2D eigenvalue weighted by Crippen LogP contribution is -2.10. The molecule has 7 aromatic carbocycles. The Morgan fingerprint density at radius 1 is 0.438 bits per heavy atom. The molecule has 0 aliphatic carbocycles. The average Bonchev–Trinajstić information content (AvgIpc) is 3.51. The molecule has 2 aromatic heterocycles. The molecular formula is C45H31N3. The Kier molecular flexibility index (Phi) is 6.80. The summed E-state index contributed by atoms with van der Waals surface area (Å²) in [6, 6.07) is 64.8. The molecule has 0 saturated heterocycles. The van der Waals surface area contributed by atoms with E-state index in [2.05, 4.69) is 185 Å². The average molecular weight is 614 g/mol. The van der Waals surface area contributed by atoms with E-state index in [0.717, 1.165) is 44.7 Å². The molecular weight excluding hydrogens is 583 g/mol. The summed E-state index contributed by atoms with van der Waals surface area (Å²) < 4.78 is 2.35. The van der Waals surface area contributed by atoms with E-state index >= 15 is 0 Å². The number of pyridine rings is 1. The summed E-state index contributed by atoms with van der Waals surface area (Å²) in [6.45, 7) is 0. The van der Waals surface area contributed by atoms with Crippen molar-refractivity contribution in [3.63, 3.8) is 0 Å². The Hall–Kier alpha value is -6.45. The molecule has 3 nitrogen and oxygen atoms in total. The van der Waals surface area contributed by atoms with Crippen LogP contribution in [-0.4, -0.2) is 9.55 Å². The van der Waals surface area contributed by atoms with Gasteiger partial charge in [-0.05, 0) is 76.9 Å². The minimum Gasteiger partial charge on any atom is -0.310 e. The van der Waals surface area contributed by atoms with Crippen molar-refractivity contribution in [2.75, 3.05) is 4.90 Å². The first-order valence-electron chi connectivity index (χ1n) is 16.3. The summed E-state index contributed by atoms with van der Waals surface area (Å²) in [4.78, 5) is 7.23. The molecule has 0 aliphatic heterocycles. The minimum atomic E-state index is 0.992. The van der Waals surface area contributed by atoms with E-state index in [9.17, 15) is 0 Å². The van der Waals surface area contributed by atoms with Gasteiger partial charge >= 0.3 is 0 Å². The van der Waals surface area contributed by atoms with Crippen molar-refractivity contribution in [3.8, 4) is 27.9 Å². The largest absolute Gasteiger partial charge is 0.310 e. The standard InChI is InChI=1S/C45H31N3/c1-3-12-32(13-4-1)34-22-26-37(27-23-34)47(38-28-24-35(25-29-38)33-14-5-2-6-15-33)43-20-11-21-44-45(43)40-17-8-10-19-42(40)48(44)39-30-36-16-7-9-18-41(36)46-31-39/h1-31H. The zero-order chi connectivity index (χ0) is 31.9. The quantitative estimate of drug-likeness (QED) is 0.186. The van der Waals surface area contributed by atoms with Crippen LogP contribution in [0, 0.1) is 0 Å². The fraction of sp³-hybridized carbons (Fsp3) is 0. The molecule has 226 valence electrons. The van der Waals surface area contributed by atoms with Crippen molar-refractivity contribution >= 4 is 49.8 Å². The van der Waals surface area contributed by atoms with E-state index < -0.39 is 0 Å². The topological polar surface area (TPSA) is 21.1 Å². The van der Waals surface area contributed by atoms with Crippen molar-refractivity contribution in [3.05, 3.63) is 188 Å². The maximum absolute atomic E-state index is 4.84. The Balaban J connectivity index is 1.26. The van der Waals surface area contributed by atoms with E-state index in [4.69, 9.17) is 4.98 Å². The lowest BCUT2D eigenvalue weighted by atomic mass is 10.0. The fourth-order valence-corrected chi connectivity index (χ4v) is 6.94. The zero-order valence-electron chi connectivity index (χ0n) is 26.2. The molecule has 0 fully saturated rings. The lowest BCUT2D eigenvalue weighted by Gasteiger charge is -2.27. The highest BCUT2D eigenvalue weighted by atomic mass is 15.1. The molecule has 0 N–H and O–H groups in total. The number of rotatable bonds is 6. The first-order valence-corrected chi connectivity index (χ1v) is 16.3. The molecule has 3 heteroatoms. The van der Waals surface area contributed by atoms with Gasteiger partial charge in [0.15, 0.2) is 0 Å². The molecule has 0 unspecified atom stereocenters. The molecule has 0 saturated carbocycles. The number of hydrogen-bond donors (Lipinski definition) is 0. The summed E-state index contributed by atoms with van der Waals surface area (Å²) in [5.41, 5.74) is 12.4. The van der Waals surface area contributed by atoms with Gasteiger partial charge in [-0.25, -0.2) is 0 Å². The summed E-state index contributed by atoms with van der Waals surface area (Å²) in [5.74, 6) is 0. The van der Waals surface area contributed by atoms with Gasteiger partial charge in [0.05, 0.1) is 34.1 Å². The predicted molar refractivity (Wildman–Crippen MR) is 202 cm³/mol. The number of aromatic nitrogens is 2. The third kappa shape index (κ3) is 4.81. The van der Waals surface area contributed by atoms with Gasteiger partial charge in [-0.15, -0.1) is 0 Å². The van der Waals surface area contributed by atoms with Crippen molar-refractivity contribution in [1.29, 1.82) is 0 Å². The van der Waals surface area contributed by atoms with Gasteiger partial charge in [-0.3, -0.25) is 4.98 Å². The van der Waals surface area contributed by atoms with Crippen LogP contribution in [0.4, 0.5) is 17.1 Å². The second kappa shape index (κ2) is 11.7. The van der Waals surface area contributed by atoms with Crippen LogP contribution in [0.25, 0.3) is 60.6 Å². The van der Waals surface area contributed by atoms with E-state index in [1.54, 1.807) is 0 Å². The number of para-hydroxylation sites is 2. The predicted octanol–water partition coefficient (Wildman–Crippen LogP) is 12.1. The first kappa shape index (κ1) is 27.8. The monoisotopic (exact) mass is 613 g/mol. The number of anilines is 3. The molecule has 0 aliphatic rings. The Labute approximate surface area is 279 Å². The van der Waals surface area contributed by atoms with Crippen LogP contribution in [0.1, 0.15) is 0 Å². The molecule has 0 atom stereocenters. The fourth-order valence-electron chi connectivity index (χ4n) is 6.94. The molecule has 2 heterocycles. The lowest BCUT2D eigenvalue weighted by molar-refractivity contribution is 1.16. The van der Waals surface area contributed by atoms with Crippen LogP contribution in [0.3, 0.4) is 0 Å². The SMILES string of the molecule is c1ccc(-c2ccc(N(c3ccc(-c4ccccc4)cc3)c3cccc4c3c3ccccc3n4-c3cnc4ccccc4c3)cc2)cc1. The second-order valence-electron chi connectivity index (χ2n) is 12.1. The van der Waals surface area contributed by atoms with Crippen molar-refractivity contribution in [2.45, 2.75) is 0 Å². The summed E-state index contributed by atoms with van der Waals surface area (Å²) in [6.07, 6.45) is 1.99. The van der Waals surface area contributed by atoms with Gasteiger partial charge in [-0.2, -0.15) is 0 Å². The second-order valence-corrected chi connectivity index (χ2v) is 12.1. The van der Waals surface area contributed by atoms with Gasteiger partial charge in [-0.1, -0.05) is 127 Å². The third-order valence-electron chi connectivity index (χ3n) is 9.22. The maximum atomic E-state index is 4.84. The van der Waals surface area contributed by atoms with Crippen LogP contribution in [0.15, 0.2) is 188 Å². The molecule has 0 spiro atoms. The van der Waals surface area contributed by atoms with Crippen LogP contribution in [-0.2, 0) is 0 Å². The summed E-state index contributed by atoms with van der Waals surface area (Å²) in [7, 11) is 0. The highest BCUT2D eigenvalue weighted by Gasteiger charge is 2.21. The molecule has 0 bridgehead atoms. The van der Waals surface area contributed by atoms with E-state index in [-0.39, 0.29) is 0 Å². The summed E-state index contributed by atoms with van der Waals surface area (Å²) >= 11 is 0. The van der Waals surface area contributed by atoms with Crippen LogP contribution >= 0.6 is 0 Å². The van der Waals surface area contributed by atoms with Gasteiger partial charge in [0.1, 0.15) is 0 Å². The number of fused-ring (bicyclic) bond motifs is 4. The Bertz CT molecular complexity index is 2450. The van der Waals surface area contributed by atoms with Gasteiger partial charge in [0.25, 0.3) is 0 Å². The Morgan fingerprint density at radius 3 is 1.65 bits per heavy atom. The molecule has 9 aromatic rings. The van der Waals surface area contributed by atoms with Crippen molar-refractivity contribution < 1.29 is 0 Å². The van der Waals surface area contributed by atoms with Gasteiger partial charge in [0.2, 0.25) is 0 Å². The van der Waals surface area contributed by atoms with Crippen molar-refractivity contribution in [1.82, 2.24) is 9.55 Å². The number of nitrogens with zero attached hydrogens (tertiary/aromatic N) is 3. The maximum Gasteiger partial charge on any atom is 0.0703 e. The van der Waals surface area contributed by atoms with Gasteiger partial charge < -0.3 is 9.47 Å². The third-order valence-corrected chi connectivity index (χ3v) is 9.22. The smallest absolute Gasteiger partial charge is 0.0703 e. The van der Waals surface area contributed by atoms with Crippen LogP contribution in [0.5, 0.6) is 0 Å². The first-order chi connectivity index (χ1) is 23.8.